The van der Waals surface area contributed by atoms with E-state index in [1.807, 2.05) is 12.1 Å². The fourth-order valence-corrected chi connectivity index (χ4v) is 3.65. The lowest BCUT2D eigenvalue weighted by Gasteiger charge is -2.33. The number of piperidine rings is 1. The van der Waals surface area contributed by atoms with Gasteiger partial charge in [-0.05, 0) is 74.2 Å². The van der Waals surface area contributed by atoms with Crippen LogP contribution in [-0.2, 0) is 0 Å². The maximum absolute atomic E-state index is 9.57. The first-order chi connectivity index (χ1) is 12.6. The molecule has 2 aromatic carbocycles. The molecular weight excluding hydrogens is 324 g/mol. The van der Waals surface area contributed by atoms with Gasteiger partial charge in [-0.1, -0.05) is 6.07 Å². The smallest absolute Gasteiger partial charge is 0.162 e. The molecule has 0 unspecified atom stereocenters. The number of aromatic hydroxyl groups is 1. The van der Waals surface area contributed by atoms with Crippen LogP contribution in [0.2, 0.25) is 0 Å². The molecule has 0 spiro atoms. The Morgan fingerprint density at radius 1 is 1.15 bits per heavy atom. The molecule has 4 rings (SSSR count). The third-order valence-corrected chi connectivity index (χ3v) is 5.11. The van der Waals surface area contributed by atoms with Crippen LogP contribution in [0, 0.1) is 12.8 Å². The maximum Gasteiger partial charge on any atom is 0.162 e. The van der Waals surface area contributed by atoms with Gasteiger partial charge in [0.05, 0.1) is 5.52 Å². The Morgan fingerprint density at radius 3 is 2.73 bits per heavy atom. The number of nitrogens with two attached hydrogens (primary N) is 1. The van der Waals surface area contributed by atoms with Gasteiger partial charge in [0.25, 0.3) is 0 Å². The van der Waals surface area contributed by atoms with E-state index in [2.05, 4.69) is 30.0 Å². The van der Waals surface area contributed by atoms with Gasteiger partial charge in [0.2, 0.25) is 0 Å². The van der Waals surface area contributed by atoms with Gasteiger partial charge in [-0.25, -0.2) is 9.97 Å². The normalized spacial score (nSPS) is 17.6. The molecule has 0 amide bonds. The fourth-order valence-electron chi connectivity index (χ4n) is 3.65. The Kier molecular flexibility index (Phi) is 4.47. The van der Waals surface area contributed by atoms with E-state index >= 15 is 0 Å². The Balaban J connectivity index is 1.85. The summed E-state index contributed by atoms with van der Waals surface area (Å²) in [6.07, 6.45) is 2.31. The Bertz CT molecular complexity index is 923. The molecule has 5 heteroatoms. The Hall–Kier alpha value is -2.66. The number of anilines is 1. The van der Waals surface area contributed by atoms with Gasteiger partial charge in [0.1, 0.15) is 11.6 Å². The number of hydrogen-bond acceptors (Lipinski definition) is 5. The van der Waals surface area contributed by atoms with Gasteiger partial charge in [-0.3, -0.25) is 0 Å². The highest BCUT2D eigenvalue weighted by Crippen LogP contribution is 2.31. The molecule has 3 aromatic rings. The molecule has 0 radical (unpaired) electrons. The molecule has 0 bridgehead atoms. The van der Waals surface area contributed by atoms with Crippen molar-refractivity contribution < 1.29 is 5.11 Å². The molecule has 1 saturated heterocycles. The third-order valence-electron chi connectivity index (χ3n) is 5.11. The predicted octanol–water partition coefficient (Wildman–Crippen LogP) is 3.49. The average Bonchev–Trinajstić information content (AvgIpc) is 2.67. The number of rotatable bonds is 3. The van der Waals surface area contributed by atoms with E-state index in [9.17, 15) is 5.11 Å². The van der Waals surface area contributed by atoms with Crippen LogP contribution in [0.1, 0.15) is 18.4 Å². The van der Waals surface area contributed by atoms with E-state index < -0.39 is 0 Å². The first kappa shape index (κ1) is 16.8. The van der Waals surface area contributed by atoms with Crippen LogP contribution in [0.4, 0.5) is 5.82 Å². The zero-order chi connectivity index (χ0) is 18.1. The van der Waals surface area contributed by atoms with Crippen LogP contribution in [0.15, 0.2) is 42.5 Å². The summed E-state index contributed by atoms with van der Waals surface area (Å²) in [7, 11) is 0. The second-order valence-electron chi connectivity index (χ2n) is 7.13. The number of benzene rings is 2. The van der Waals surface area contributed by atoms with Gasteiger partial charge < -0.3 is 15.7 Å². The lowest BCUT2D eigenvalue weighted by atomic mass is 9.98. The number of fused-ring (bicyclic) bond motifs is 1. The lowest BCUT2D eigenvalue weighted by molar-refractivity contribution is 0.422. The number of aryl methyl sites for hydroxylation is 1. The summed E-state index contributed by atoms with van der Waals surface area (Å²) in [5.74, 6) is 2.42. The van der Waals surface area contributed by atoms with Crippen molar-refractivity contribution in [2.75, 3.05) is 24.5 Å². The number of phenols is 1. The second-order valence-corrected chi connectivity index (χ2v) is 7.13. The largest absolute Gasteiger partial charge is 0.508 e. The van der Waals surface area contributed by atoms with Gasteiger partial charge in [-0.15, -0.1) is 0 Å². The molecule has 1 fully saturated rings. The van der Waals surface area contributed by atoms with Crippen molar-refractivity contribution >= 4 is 16.7 Å². The van der Waals surface area contributed by atoms with Crippen molar-refractivity contribution in [1.82, 2.24) is 9.97 Å². The molecule has 1 aromatic heterocycles. The highest BCUT2D eigenvalue weighted by atomic mass is 16.3. The van der Waals surface area contributed by atoms with Crippen molar-refractivity contribution in [3.05, 3.63) is 48.0 Å². The van der Waals surface area contributed by atoms with Crippen LogP contribution in [-0.4, -0.2) is 34.7 Å². The fraction of sp³-hybridized carbons (Fsp3) is 0.333. The molecule has 26 heavy (non-hydrogen) atoms. The SMILES string of the molecule is Cc1ccc2c(N3CCC[C@@H](CN)C3)nc(-c3ccc(O)cc3)nc2c1. The first-order valence-corrected chi connectivity index (χ1v) is 9.17. The van der Waals surface area contributed by atoms with Gasteiger partial charge in [0.15, 0.2) is 5.82 Å². The Morgan fingerprint density at radius 2 is 1.96 bits per heavy atom. The summed E-state index contributed by atoms with van der Waals surface area (Å²) >= 11 is 0. The minimum atomic E-state index is 0.243. The van der Waals surface area contributed by atoms with Crippen molar-refractivity contribution in [2.24, 2.45) is 11.7 Å². The monoisotopic (exact) mass is 348 g/mol. The standard InChI is InChI=1S/C21H24N4O/c1-14-4-9-18-19(11-14)23-20(16-5-7-17(26)8-6-16)24-21(18)25-10-2-3-15(12-22)13-25/h4-9,11,15,26H,2-3,10,12-13,22H2,1H3/t15-/m0/s1. The summed E-state index contributed by atoms with van der Waals surface area (Å²) in [5, 5.41) is 10.6. The number of nitrogens with zero attached hydrogens (tertiary/aromatic N) is 3. The number of hydrogen-bond donors (Lipinski definition) is 2. The Labute approximate surface area is 153 Å². The zero-order valence-electron chi connectivity index (χ0n) is 15.0. The third kappa shape index (κ3) is 3.22. The van der Waals surface area contributed by atoms with Gasteiger partial charge >= 0.3 is 0 Å². The van der Waals surface area contributed by atoms with Crippen molar-refractivity contribution in [3.8, 4) is 17.1 Å². The van der Waals surface area contributed by atoms with Crippen LogP contribution >= 0.6 is 0 Å². The molecule has 2 heterocycles. The van der Waals surface area contributed by atoms with Crippen LogP contribution in [0.25, 0.3) is 22.3 Å². The minimum absolute atomic E-state index is 0.243. The number of aromatic nitrogens is 2. The summed E-state index contributed by atoms with van der Waals surface area (Å²) in [6, 6.07) is 13.4. The maximum atomic E-state index is 9.57. The van der Waals surface area contributed by atoms with E-state index in [0.717, 1.165) is 41.8 Å². The molecular formula is C21H24N4O. The van der Waals surface area contributed by atoms with E-state index in [4.69, 9.17) is 15.7 Å². The molecule has 1 aliphatic heterocycles. The molecule has 3 N–H and O–H groups in total. The minimum Gasteiger partial charge on any atom is -0.508 e. The second kappa shape index (κ2) is 6.92. The van der Waals surface area contributed by atoms with Gasteiger partial charge in [0, 0.05) is 24.0 Å². The van der Waals surface area contributed by atoms with E-state index in [1.54, 1.807) is 12.1 Å². The van der Waals surface area contributed by atoms with E-state index in [1.165, 1.54) is 12.0 Å². The average molecular weight is 348 g/mol. The van der Waals surface area contributed by atoms with Crippen molar-refractivity contribution in [3.63, 3.8) is 0 Å². The zero-order valence-corrected chi connectivity index (χ0v) is 15.0. The van der Waals surface area contributed by atoms with Gasteiger partial charge in [-0.2, -0.15) is 0 Å². The van der Waals surface area contributed by atoms with Crippen LogP contribution in [0.5, 0.6) is 5.75 Å². The summed E-state index contributed by atoms with van der Waals surface area (Å²) in [4.78, 5) is 12.1. The van der Waals surface area contributed by atoms with E-state index in [0.29, 0.717) is 18.3 Å². The summed E-state index contributed by atoms with van der Waals surface area (Å²) < 4.78 is 0. The molecule has 1 aliphatic rings. The molecule has 1 atom stereocenters. The molecule has 5 nitrogen and oxygen atoms in total. The molecule has 0 aliphatic carbocycles. The quantitative estimate of drug-likeness (QED) is 0.758. The van der Waals surface area contributed by atoms with Crippen LogP contribution < -0.4 is 10.6 Å². The van der Waals surface area contributed by atoms with Crippen molar-refractivity contribution in [2.45, 2.75) is 19.8 Å². The van der Waals surface area contributed by atoms with Crippen LogP contribution in [0.3, 0.4) is 0 Å². The number of phenolic OH excluding ortho intramolecular Hbond substituents is 1. The summed E-state index contributed by atoms with van der Waals surface area (Å²) in [5.41, 5.74) is 8.96. The van der Waals surface area contributed by atoms with E-state index in [-0.39, 0.29) is 5.75 Å². The lowest BCUT2D eigenvalue weighted by Crippen LogP contribution is -2.39. The first-order valence-electron chi connectivity index (χ1n) is 9.17. The topological polar surface area (TPSA) is 75.3 Å². The van der Waals surface area contributed by atoms with Crippen molar-refractivity contribution in [1.29, 1.82) is 0 Å². The molecule has 0 saturated carbocycles. The molecule has 134 valence electrons. The highest BCUT2D eigenvalue weighted by molar-refractivity contribution is 5.91. The predicted molar refractivity (Wildman–Crippen MR) is 105 cm³/mol. The highest BCUT2D eigenvalue weighted by Gasteiger charge is 2.22. The summed E-state index contributed by atoms with van der Waals surface area (Å²) in [6.45, 7) is 4.72.